The molecule has 0 aliphatic heterocycles. The fourth-order valence-electron chi connectivity index (χ4n) is 3.42. The minimum Gasteiger partial charge on any atom is -0.497 e. The number of benzene rings is 2. The maximum absolute atomic E-state index is 5.29. The molecule has 0 aliphatic rings. The lowest BCUT2D eigenvalue weighted by atomic mass is 10.1. The van der Waals surface area contributed by atoms with Crippen molar-refractivity contribution < 1.29 is 4.74 Å². The second-order valence-electron chi connectivity index (χ2n) is 6.40. The second-order valence-corrected chi connectivity index (χ2v) is 7.26. The number of aromatic nitrogens is 2. The van der Waals surface area contributed by atoms with Crippen molar-refractivity contribution in [1.29, 1.82) is 0 Å². The standard InChI is InChI=1S/C22H22N4OS/c1-4-26-15(2)19(18-10-5-6-11-21(18)26)13-23-25-22-24-20(14-28-22)16-8-7-9-17(12-16)27-3/h5-14H,4H2,1-3H3,(H,24,25)/b23-13-. The highest BCUT2D eigenvalue weighted by Gasteiger charge is 2.11. The molecule has 6 heteroatoms. The Bertz CT molecular complexity index is 1140. The number of para-hydroxylation sites is 1. The molecular formula is C22H22N4OS. The van der Waals surface area contributed by atoms with Crippen molar-refractivity contribution in [3.63, 3.8) is 0 Å². The summed E-state index contributed by atoms with van der Waals surface area (Å²) in [6, 6.07) is 16.3. The van der Waals surface area contributed by atoms with Crippen LogP contribution in [0.5, 0.6) is 5.75 Å². The van der Waals surface area contributed by atoms with Gasteiger partial charge in [-0.3, -0.25) is 5.43 Å². The number of aryl methyl sites for hydroxylation is 1. The summed E-state index contributed by atoms with van der Waals surface area (Å²) in [7, 11) is 1.67. The highest BCUT2D eigenvalue weighted by Crippen LogP contribution is 2.28. The van der Waals surface area contributed by atoms with Crippen molar-refractivity contribution in [3.05, 3.63) is 65.2 Å². The lowest BCUT2D eigenvalue weighted by molar-refractivity contribution is 0.415. The van der Waals surface area contributed by atoms with Crippen molar-refractivity contribution in [2.24, 2.45) is 5.10 Å². The quantitative estimate of drug-likeness (QED) is 0.347. The van der Waals surface area contributed by atoms with Gasteiger partial charge in [0, 0.05) is 39.6 Å². The number of rotatable bonds is 6. The zero-order chi connectivity index (χ0) is 19.5. The summed E-state index contributed by atoms with van der Waals surface area (Å²) in [4.78, 5) is 4.63. The predicted octanol–water partition coefficient (Wildman–Crippen LogP) is 5.55. The number of nitrogens with zero attached hydrogens (tertiary/aromatic N) is 3. The van der Waals surface area contributed by atoms with Gasteiger partial charge in [-0.15, -0.1) is 11.3 Å². The van der Waals surface area contributed by atoms with Crippen LogP contribution < -0.4 is 10.2 Å². The van der Waals surface area contributed by atoms with Gasteiger partial charge in [-0.2, -0.15) is 5.10 Å². The first-order valence-corrected chi connectivity index (χ1v) is 10.1. The van der Waals surface area contributed by atoms with Crippen LogP contribution in [0.25, 0.3) is 22.2 Å². The SMILES string of the molecule is CCn1c(C)c(/C=N\Nc2nc(-c3cccc(OC)c3)cs2)c2ccccc21. The van der Waals surface area contributed by atoms with Gasteiger partial charge in [-0.25, -0.2) is 4.98 Å². The molecule has 0 spiro atoms. The molecular weight excluding hydrogens is 368 g/mol. The Labute approximate surface area is 168 Å². The van der Waals surface area contributed by atoms with Crippen LogP contribution in [0.15, 0.2) is 59.0 Å². The number of ether oxygens (including phenoxy) is 1. The fourth-order valence-corrected chi connectivity index (χ4v) is 4.09. The monoisotopic (exact) mass is 390 g/mol. The maximum Gasteiger partial charge on any atom is 0.203 e. The topological polar surface area (TPSA) is 51.4 Å². The third-order valence-electron chi connectivity index (χ3n) is 4.82. The van der Waals surface area contributed by atoms with Crippen LogP contribution in [0.2, 0.25) is 0 Å². The van der Waals surface area contributed by atoms with Crippen LogP contribution >= 0.6 is 11.3 Å². The molecule has 0 unspecified atom stereocenters. The van der Waals surface area contributed by atoms with Gasteiger partial charge in [-0.05, 0) is 32.0 Å². The predicted molar refractivity (Wildman–Crippen MR) is 118 cm³/mol. The first-order chi connectivity index (χ1) is 13.7. The van der Waals surface area contributed by atoms with Gasteiger partial charge in [0.15, 0.2) is 0 Å². The van der Waals surface area contributed by atoms with Crippen molar-refractivity contribution in [2.75, 3.05) is 12.5 Å². The lowest BCUT2D eigenvalue weighted by Crippen LogP contribution is -1.97. The normalized spacial score (nSPS) is 11.4. The van der Waals surface area contributed by atoms with Gasteiger partial charge in [0.1, 0.15) is 5.75 Å². The molecule has 4 aromatic rings. The summed E-state index contributed by atoms with van der Waals surface area (Å²) >= 11 is 1.53. The first-order valence-electron chi connectivity index (χ1n) is 9.18. The summed E-state index contributed by atoms with van der Waals surface area (Å²) in [6.07, 6.45) is 1.89. The van der Waals surface area contributed by atoms with Crippen LogP contribution in [0.3, 0.4) is 0 Å². The zero-order valence-electron chi connectivity index (χ0n) is 16.1. The van der Waals surface area contributed by atoms with E-state index in [1.807, 2.05) is 35.9 Å². The number of hydrogen-bond donors (Lipinski definition) is 1. The number of methoxy groups -OCH3 is 1. The van der Waals surface area contributed by atoms with Crippen LogP contribution in [0.4, 0.5) is 5.13 Å². The Morgan fingerprint density at radius 2 is 2.07 bits per heavy atom. The number of hydrogen-bond acceptors (Lipinski definition) is 5. The molecule has 0 saturated heterocycles. The van der Waals surface area contributed by atoms with Gasteiger partial charge in [0.05, 0.1) is 19.0 Å². The summed E-state index contributed by atoms with van der Waals surface area (Å²) in [5, 5.41) is 8.43. The van der Waals surface area contributed by atoms with Crippen molar-refractivity contribution in [1.82, 2.24) is 9.55 Å². The minimum atomic E-state index is 0.756. The highest BCUT2D eigenvalue weighted by atomic mass is 32.1. The van der Waals surface area contributed by atoms with E-state index in [1.165, 1.54) is 27.9 Å². The molecule has 142 valence electrons. The zero-order valence-corrected chi connectivity index (χ0v) is 17.0. The molecule has 28 heavy (non-hydrogen) atoms. The van der Waals surface area contributed by atoms with E-state index in [0.717, 1.165) is 34.2 Å². The van der Waals surface area contributed by atoms with Gasteiger partial charge >= 0.3 is 0 Å². The number of fused-ring (bicyclic) bond motifs is 1. The average molecular weight is 391 g/mol. The van der Waals surface area contributed by atoms with E-state index in [-0.39, 0.29) is 0 Å². The summed E-state index contributed by atoms with van der Waals surface area (Å²) in [5.41, 5.74) is 8.58. The Kier molecular flexibility index (Phi) is 5.12. The van der Waals surface area contributed by atoms with E-state index in [2.05, 4.69) is 58.2 Å². The summed E-state index contributed by atoms with van der Waals surface area (Å²) < 4.78 is 7.60. The molecule has 2 aromatic carbocycles. The van der Waals surface area contributed by atoms with Crippen molar-refractivity contribution in [2.45, 2.75) is 20.4 Å². The molecule has 0 radical (unpaired) electrons. The van der Waals surface area contributed by atoms with Gasteiger partial charge in [0.25, 0.3) is 0 Å². The van der Waals surface area contributed by atoms with E-state index in [4.69, 9.17) is 4.74 Å². The summed E-state index contributed by atoms with van der Waals surface area (Å²) in [6.45, 7) is 5.23. The van der Waals surface area contributed by atoms with E-state index in [9.17, 15) is 0 Å². The van der Waals surface area contributed by atoms with E-state index < -0.39 is 0 Å². The van der Waals surface area contributed by atoms with Crippen molar-refractivity contribution in [3.8, 4) is 17.0 Å². The fraction of sp³-hybridized carbons (Fsp3) is 0.182. The number of anilines is 1. The third kappa shape index (κ3) is 3.39. The molecule has 0 amide bonds. The van der Waals surface area contributed by atoms with E-state index in [1.54, 1.807) is 7.11 Å². The van der Waals surface area contributed by atoms with Crippen molar-refractivity contribution >= 4 is 33.6 Å². The maximum atomic E-state index is 5.29. The second kappa shape index (κ2) is 7.86. The van der Waals surface area contributed by atoms with Crippen LogP contribution in [0.1, 0.15) is 18.2 Å². The molecule has 4 rings (SSSR count). The average Bonchev–Trinajstić information content (AvgIpc) is 3.31. The van der Waals surface area contributed by atoms with Gasteiger partial charge < -0.3 is 9.30 Å². The Morgan fingerprint density at radius 3 is 2.89 bits per heavy atom. The third-order valence-corrected chi connectivity index (χ3v) is 5.57. The molecule has 2 aromatic heterocycles. The molecule has 5 nitrogen and oxygen atoms in total. The Hall–Kier alpha value is -3.12. The molecule has 0 aliphatic carbocycles. The molecule has 0 saturated carbocycles. The highest BCUT2D eigenvalue weighted by molar-refractivity contribution is 7.14. The number of hydrazone groups is 1. The molecule has 1 N–H and O–H groups in total. The number of nitrogens with one attached hydrogen (secondary N) is 1. The molecule has 0 bridgehead atoms. The lowest BCUT2D eigenvalue weighted by Gasteiger charge is -2.03. The minimum absolute atomic E-state index is 0.756. The number of thiazole rings is 1. The molecule has 2 heterocycles. The Balaban J connectivity index is 1.56. The smallest absolute Gasteiger partial charge is 0.203 e. The van der Waals surface area contributed by atoms with E-state index >= 15 is 0 Å². The van der Waals surface area contributed by atoms with Crippen LogP contribution in [-0.4, -0.2) is 22.9 Å². The molecule has 0 fully saturated rings. The van der Waals surface area contributed by atoms with E-state index in [0.29, 0.717) is 0 Å². The van der Waals surface area contributed by atoms with Gasteiger partial charge in [0.2, 0.25) is 5.13 Å². The largest absolute Gasteiger partial charge is 0.497 e. The van der Waals surface area contributed by atoms with Gasteiger partial charge in [-0.1, -0.05) is 30.3 Å². The Morgan fingerprint density at radius 1 is 1.21 bits per heavy atom. The summed E-state index contributed by atoms with van der Waals surface area (Å²) in [5.74, 6) is 0.820. The first kappa shape index (κ1) is 18.3. The molecule has 0 atom stereocenters. The van der Waals surface area contributed by atoms with Crippen LogP contribution in [-0.2, 0) is 6.54 Å². The van der Waals surface area contributed by atoms with Crippen LogP contribution in [0, 0.1) is 6.92 Å².